The minimum Gasteiger partial charge on any atom is -0.347 e. The molecule has 6 heteroatoms. The largest absolute Gasteiger partial charge is 0.347 e. The number of benzene rings is 1. The van der Waals surface area contributed by atoms with Crippen molar-refractivity contribution in [2.45, 2.75) is 20.4 Å². The molecule has 0 saturated heterocycles. The van der Waals surface area contributed by atoms with E-state index in [1.165, 1.54) is 17.5 Å². The van der Waals surface area contributed by atoms with Crippen molar-refractivity contribution in [3.63, 3.8) is 0 Å². The summed E-state index contributed by atoms with van der Waals surface area (Å²) in [5.41, 5.74) is 4.63. The summed E-state index contributed by atoms with van der Waals surface area (Å²) in [6.07, 6.45) is 4.76. The number of nitrogens with zero attached hydrogens (tertiary/aromatic N) is 3. The lowest BCUT2D eigenvalue weighted by Gasteiger charge is -2.09. The van der Waals surface area contributed by atoms with Gasteiger partial charge in [0.25, 0.3) is 5.91 Å². The Labute approximate surface area is 146 Å². The fraction of sp³-hybridized carbons (Fsp3) is 0.158. The molecule has 0 aliphatic carbocycles. The van der Waals surface area contributed by atoms with E-state index < -0.39 is 0 Å². The van der Waals surface area contributed by atoms with Gasteiger partial charge >= 0.3 is 0 Å². The summed E-state index contributed by atoms with van der Waals surface area (Å²) in [6.45, 7) is 4.54. The van der Waals surface area contributed by atoms with Gasteiger partial charge in [-0.2, -0.15) is 0 Å². The van der Waals surface area contributed by atoms with Crippen LogP contribution in [-0.4, -0.2) is 20.9 Å². The first-order valence-electron chi connectivity index (χ1n) is 7.95. The van der Waals surface area contributed by atoms with Crippen LogP contribution >= 0.6 is 0 Å². The summed E-state index contributed by atoms with van der Waals surface area (Å²) in [7, 11) is 0. The third-order valence-corrected chi connectivity index (χ3v) is 3.88. The van der Waals surface area contributed by atoms with Gasteiger partial charge in [0.05, 0.1) is 0 Å². The standard InChI is InChI=1S/C19H19N5O/c1-13-3-4-16(9-14(13)2)24-18-10-17(22-12-23-18)19(25)21-11-15-5-7-20-8-6-15/h3-10,12H,11H2,1-2H3,(H,21,25)(H,22,23,24). The van der Waals surface area contributed by atoms with Crippen LogP contribution in [-0.2, 0) is 6.54 Å². The highest BCUT2D eigenvalue weighted by molar-refractivity contribution is 5.92. The average Bonchev–Trinajstić information content (AvgIpc) is 2.64. The molecule has 0 spiro atoms. The minimum absolute atomic E-state index is 0.248. The van der Waals surface area contributed by atoms with Crippen molar-refractivity contribution in [1.29, 1.82) is 0 Å². The van der Waals surface area contributed by atoms with Crippen LogP contribution in [0.3, 0.4) is 0 Å². The van der Waals surface area contributed by atoms with Gasteiger partial charge in [-0.15, -0.1) is 0 Å². The van der Waals surface area contributed by atoms with Crippen molar-refractivity contribution in [3.05, 3.63) is 77.5 Å². The molecule has 25 heavy (non-hydrogen) atoms. The molecule has 3 aromatic rings. The number of rotatable bonds is 5. The van der Waals surface area contributed by atoms with Gasteiger partial charge in [0.2, 0.25) is 0 Å². The van der Waals surface area contributed by atoms with E-state index in [1.807, 2.05) is 30.3 Å². The van der Waals surface area contributed by atoms with Crippen LogP contribution in [0.5, 0.6) is 0 Å². The molecule has 2 N–H and O–H groups in total. The number of aryl methyl sites for hydroxylation is 2. The predicted molar refractivity (Wildman–Crippen MR) is 96.6 cm³/mol. The van der Waals surface area contributed by atoms with Gasteiger partial charge in [0.1, 0.15) is 17.8 Å². The van der Waals surface area contributed by atoms with Crippen molar-refractivity contribution in [1.82, 2.24) is 20.3 Å². The first-order valence-corrected chi connectivity index (χ1v) is 7.95. The summed E-state index contributed by atoms with van der Waals surface area (Å²) in [6, 6.07) is 11.4. The van der Waals surface area contributed by atoms with E-state index in [0.29, 0.717) is 18.1 Å². The first kappa shape index (κ1) is 16.6. The van der Waals surface area contributed by atoms with E-state index in [0.717, 1.165) is 11.3 Å². The lowest BCUT2D eigenvalue weighted by Crippen LogP contribution is -2.24. The predicted octanol–water partition coefficient (Wildman–Crippen LogP) is 3.16. The van der Waals surface area contributed by atoms with Gasteiger partial charge < -0.3 is 10.6 Å². The minimum atomic E-state index is -0.248. The number of aromatic nitrogens is 3. The molecule has 2 aromatic heterocycles. The second kappa shape index (κ2) is 7.53. The lowest BCUT2D eigenvalue weighted by atomic mass is 10.1. The first-order chi connectivity index (χ1) is 12.1. The molecule has 1 amide bonds. The van der Waals surface area contributed by atoms with E-state index in [-0.39, 0.29) is 5.91 Å². The fourth-order valence-corrected chi connectivity index (χ4v) is 2.29. The highest BCUT2D eigenvalue weighted by Crippen LogP contribution is 2.18. The van der Waals surface area contributed by atoms with Gasteiger partial charge in [-0.3, -0.25) is 9.78 Å². The zero-order valence-electron chi connectivity index (χ0n) is 14.2. The molecule has 0 atom stereocenters. The van der Waals surface area contributed by atoms with Gasteiger partial charge in [-0.05, 0) is 54.8 Å². The molecule has 126 valence electrons. The molecule has 0 aliphatic rings. The smallest absolute Gasteiger partial charge is 0.270 e. The Bertz CT molecular complexity index is 880. The number of anilines is 2. The van der Waals surface area contributed by atoms with Crippen molar-refractivity contribution in [3.8, 4) is 0 Å². The second-order valence-electron chi connectivity index (χ2n) is 5.75. The Kier molecular flexibility index (Phi) is 4.99. The number of amides is 1. The number of carbonyl (C=O) groups excluding carboxylic acids is 1. The third-order valence-electron chi connectivity index (χ3n) is 3.88. The monoisotopic (exact) mass is 333 g/mol. The van der Waals surface area contributed by atoms with E-state index in [1.54, 1.807) is 18.5 Å². The molecule has 3 rings (SSSR count). The van der Waals surface area contributed by atoms with Crippen molar-refractivity contribution < 1.29 is 4.79 Å². The number of pyridine rings is 1. The Morgan fingerprint density at radius 2 is 1.80 bits per heavy atom. The van der Waals surface area contributed by atoms with Crippen LogP contribution < -0.4 is 10.6 Å². The molecule has 0 bridgehead atoms. The molecule has 0 radical (unpaired) electrons. The molecule has 0 fully saturated rings. The van der Waals surface area contributed by atoms with E-state index >= 15 is 0 Å². The number of hydrogen-bond acceptors (Lipinski definition) is 5. The molecule has 6 nitrogen and oxygen atoms in total. The van der Waals surface area contributed by atoms with Crippen LogP contribution in [0, 0.1) is 13.8 Å². The molecule has 0 aliphatic heterocycles. The van der Waals surface area contributed by atoms with Crippen LogP contribution in [0.25, 0.3) is 0 Å². The SMILES string of the molecule is Cc1ccc(Nc2cc(C(=O)NCc3ccncc3)ncn2)cc1C. The van der Waals surface area contributed by atoms with Gasteiger partial charge in [0.15, 0.2) is 0 Å². The summed E-state index contributed by atoms with van der Waals surface area (Å²) < 4.78 is 0. The summed E-state index contributed by atoms with van der Waals surface area (Å²) in [5, 5.41) is 6.04. The quantitative estimate of drug-likeness (QED) is 0.750. The Balaban J connectivity index is 1.68. The summed E-state index contributed by atoms with van der Waals surface area (Å²) >= 11 is 0. The number of hydrogen-bond donors (Lipinski definition) is 2. The maximum atomic E-state index is 12.3. The molecule has 0 unspecified atom stereocenters. The average molecular weight is 333 g/mol. The molecule has 1 aromatic carbocycles. The molecular formula is C19H19N5O. The van der Waals surface area contributed by atoms with Crippen LogP contribution in [0.4, 0.5) is 11.5 Å². The lowest BCUT2D eigenvalue weighted by molar-refractivity contribution is 0.0946. The zero-order chi connectivity index (χ0) is 17.6. The fourth-order valence-electron chi connectivity index (χ4n) is 2.29. The number of nitrogens with one attached hydrogen (secondary N) is 2. The highest BCUT2D eigenvalue weighted by atomic mass is 16.1. The highest BCUT2D eigenvalue weighted by Gasteiger charge is 2.09. The zero-order valence-corrected chi connectivity index (χ0v) is 14.2. The van der Waals surface area contributed by atoms with E-state index in [4.69, 9.17) is 0 Å². The van der Waals surface area contributed by atoms with E-state index in [2.05, 4.69) is 39.4 Å². The normalized spacial score (nSPS) is 10.3. The Hall–Kier alpha value is -3.28. The van der Waals surface area contributed by atoms with E-state index in [9.17, 15) is 4.79 Å². The topological polar surface area (TPSA) is 79.8 Å². The van der Waals surface area contributed by atoms with Crippen LogP contribution in [0.1, 0.15) is 27.2 Å². The molecular weight excluding hydrogens is 314 g/mol. The van der Waals surface area contributed by atoms with Gasteiger partial charge in [-0.1, -0.05) is 6.07 Å². The molecule has 0 saturated carbocycles. The Morgan fingerprint density at radius 1 is 1.00 bits per heavy atom. The van der Waals surface area contributed by atoms with Gasteiger partial charge in [0, 0.05) is 30.7 Å². The molecule has 2 heterocycles. The summed E-state index contributed by atoms with van der Waals surface area (Å²) in [5.74, 6) is 0.328. The van der Waals surface area contributed by atoms with Gasteiger partial charge in [-0.25, -0.2) is 9.97 Å². The maximum absolute atomic E-state index is 12.3. The van der Waals surface area contributed by atoms with Crippen LogP contribution in [0.2, 0.25) is 0 Å². The summed E-state index contributed by atoms with van der Waals surface area (Å²) in [4.78, 5) is 24.5. The van der Waals surface area contributed by atoms with Crippen molar-refractivity contribution in [2.24, 2.45) is 0 Å². The van der Waals surface area contributed by atoms with Crippen molar-refractivity contribution in [2.75, 3.05) is 5.32 Å². The Morgan fingerprint density at radius 3 is 2.56 bits per heavy atom. The third kappa shape index (κ3) is 4.38. The van der Waals surface area contributed by atoms with Crippen molar-refractivity contribution >= 4 is 17.4 Å². The maximum Gasteiger partial charge on any atom is 0.270 e. The number of carbonyl (C=O) groups is 1. The second-order valence-corrected chi connectivity index (χ2v) is 5.75. The van der Waals surface area contributed by atoms with Crippen LogP contribution in [0.15, 0.2) is 55.1 Å².